The van der Waals surface area contributed by atoms with Crippen LogP contribution >= 0.6 is 33.9 Å². The topological polar surface area (TPSA) is 71.5 Å². The fourth-order valence-electron chi connectivity index (χ4n) is 2.65. The Kier molecular flexibility index (Phi) is 7.61. The fraction of sp³-hybridized carbons (Fsp3) is 0.294. The predicted octanol–water partition coefficient (Wildman–Crippen LogP) is 5.07. The number of hydrogen-bond donors (Lipinski definition) is 0. The quantitative estimate of drug-likeness (QED) is 0.487. The van der Waals surface area contributed by atoms with Crippen molar-refractivity contribution in [1.82, 2.24) is 0 Å². The van der Waals surface area contributed by atoms with Gasteiger partial charge in [0.25, 0.3) is 10.0 Å². The average Bonchev–Trinajstić information content (AvgIpc) is 2.57. The lowest BCUT2D eigenvalue weighted by molar-refractivity contribution is 0.558. The van der Waals surface area contributed by atoms with E-state index < -0.39 is 30.9 Å². The summed E-state index contributed by atoms with van der Waals surface area (Å²) < 4.78 is 64.2. The smallest absolute Gasteiger partial charge is 0.261 e. The lowest BCUT2D eigenvalue weighted by Gasteiger charge is -2.31. The van der Waals surface area contributed by atoms with Crippen LogP contribution in [-0.4, -0.2) is 28.6 Å². The molecule has 0 fully saturated rings. The third-order valence-electron chi connectivity index (χ3n) is 3.93. The number of hydrogen-bond acceptors (Lipinski definition) is 4. The Morgan fingerprint density at radius 2 is 1.57 bits per heavy atom. The summed E-state index contributed by atoms with van der Waals surface area (Å²) >= 11 is 11.8. The summed E-state index contributed by atoms with van der Waals surface area (Å²) in [6.07, 6.45) is 0.229. The van der Waals surface area contributed by atoms with Crippen molar-refractivity contribution in [3.63, 3.8) is 0 Å². The minimum Gasteiger partial charge on any atom is -0.261 e. The van der Waals surface area contributed by atoms with Gasteiger partial charge in [-0.2, -0.15) is 0 Å². The van der Waals surface area contributed by atoms with Crippen LogP contribution in [0.2, 0.25) is 10.0 Å². The van der Waals surface area contributed by atoms with Crippen molar-refractivity contribution in [3.05, 3.63) is 58.3 Å². The Hall–Kier alpha value is -1.06. The van der Waals surface area contributed by atoms with Crippen LogP contribution in [0.3, 0.4) is 0 Å². The molecule has 0 aromatic heterocycles. The third kappa shape index (κ3) is 5.97. The molecular formula is C17H17Cl3FNO4S2. The zero-order valence-corrected chi connectivity index (χ0v) is 18.5. The van der Waals surface area contributed by atoms with E-state index in [9.17, 15) is 21.2 Å². The first kappa shape index (κ1) is 23.2. The molecule has 1 atom stereocenters. The minimum atomic E-state index is -4.18. The molecule has 0 saturated heterocycles. The Balaban J connectivity index is 2.49. The highest BCUT2D eigenvalue weighted by atomic mass is 35.7. The van der Waals surface area contributed by atoms with Crippen molar-refractivity contribution in [2.45, 2.75) is 30.7 Å². The molecule has 0 bridgehead atoms. The molecule has 0 N–H and O–H groups in total. The van der Waals surface area contributed by atoms with E-state index in [0.717, 1.165) is 10.4 Å². The molecule has 0 aliphatic carbocycles. The molecule has 0 amide bonds. The van der Waals surface area contributed by atoms with Gasteiger partial charge in [-0.05, 0) is 62.2 Å². The van der Waals surface area contributed by atoms with Crippen molar-refractivity contribution in [2.75, 3.05) is 10.1 Å². The molecule has 11 heteroatoms. The highest BCUT2D eigenvalue weighted by molar-refractivity contribution is 8.13. The van der Waals surface area contributed by atoms with Crippen LogP contribution in [0.4, 0.5) is 10.1 Å². The van der Waals surface area contributed by atoms with Crippen LogP contribution in [0.15, 0.2) is 47.4 Å². The second kappa shape index (κ2) is 9.17. The number of nitrogens with zero attached hydrogens (tertiary/aromatic N) is 1. The Morgan fingerprint density at radius 1 is 1.00 bits per heavy atom. The largest absolute Gasteiger partial charge is 0.264 e. The molecule has 154 valence electrons. The molecule has 2 aromatic carbocycles. The Bertz CT molecular complexity index is 1040. The molecule has 0 aliphatic heterocycles. The first-order valence-corrected chi connectivity index (χ1v) is 12.8. The van der Waals surface area contributed by atoms with Crippen molar-refractivity contribution < 1.29 is 21.2 Å². The molecule has 2 aromatic rings. The summed E-state index contributed by atoms with van der Waals surface area (Å²) in [6.45, 7) is 1.55. The van der Waals surface area contributed by atoms with Crippen molar-refractivity contribution in [1.29, 1.82) is 0 Å². The van der Waals surface area contributed by atoms with Gasteiger partial charge in [0.2, 0.25) is 9.05 Å². The normalized spacial score (nSPS) is 13.3. The molecule has 28 heavy (non-hydrogen) atoms. The van der Waals surface area contributed by atoms with Crippen molar-refractivity contribution in [2.24, 2.45) is 0 Å². The van der Waals surface area contributed by atoms with E-state index in [-0.39, 0.29) is 34.2 Å². The standard InChI is InChI=1S/C17H17Cl3FNO4S2/c1-12(3-2-10-27(20,23)24)22(17-11-14(19)6-9-16(17)21)28(25,26)15-7-4-13(18)5-8-15/h4-9,11-12H,2-3,10H2,1H3. The van der Waals surface area contributed by atoms with Gasteiger partial charge >= 0.3 is 0 Å². The lowest BCUT2D eigenvalue weighted by Crippen LogP contribution is -2.39. The maximum absolute atomic E-state index is 14.5. The number of benzene rings is 2. The second-order valence-corrected chi connectivity index (χ2v) is 11.7. The maximum atomic E-state index is 14.5. The van der Waals surface area contributed by atoms with E-state index >= 15 is 0 Å². The highest BCUT2D eigenvalue weighted by Gasteiger charge is 2.31. The van der Waals surface area contributed by atoms with Gasteiger partial charge in [0.05, 0.1) is 16.3 Å². The summed E-state index contributed by atoms with van der Waals surface area (Å²) in [5.41, 5.74) is -0.233. The zero-order valence-electron chi connectivity index (χ0n) is 14.6. The van der Waals surface area contributed by atoms with E-state index in [0.29, 0.717) is 5.02 Å². The molecule has 0 aliphatic rings. The summed E-state index contributed by atoms with van der Waals surface area (Å²) in [6, 6.07) is 8.24. The van der Waals surface area contributed by atoms with Crippen LogP contribution in [0.1, 0.15) is 19.8 Å². The molecule has 0 saturated carbocycles. The van der Waals surface area contributed by atoms with E-state index in [1.807, 2.05) is 0 Å². The maximum Gasteiger partial charge on any atom is 0.264 e. The Labute approximate surface area is 178 Å². The molecular weight excluding hydrogens is 472 g/mol. The summed E-state index contributed by atoms with van der Waals surface area (Å²) in [7, 11) is -2.69. The predicted molar refractivity (Wildman–Crippen MR) is 111 cm³/mol. The molecule has 0 heterocycles. The van der Waals surface area contributed by atoms with Crippen molar-refractivity contribution in [3.8, 4) is 0 Å². The summed E-state index contributed by atoms with van der Waals surface area (Å²) in [4.78, 5) is -0.0897. The second-order valence-electron chi connectivity index (χ2n) is 6.08. The van der Waals surface area contributed by atoms with Gasteiger partial charge in [-0.25, -0.2) is 21.2 Å². The van der Waals surface area contributed by atoms with Crippen molar-refractivity contribution >= 4 is 58.6 Å². The first-order chi connectivity index (χ1) is 12.9. The van der Waals surface area contributed by atoms with E-state index in [4.69, 9.17) is 33.9 Å². The lowest BCUT2D eigenvalue weighted by atomic mass is 10.2. The summed E-state index contributed by atoms with van der Waals surface area (Å²) in [5, 5.41) is 0.503. The van der Waals surface area contributed by atoms with Gasteiger partial charge < -0.3 is 0 Å². The van der Waals surface area contributed by atoms with Crippen LogP contribution in [0.5, 0.6) is 0 Å². The van der Waals surface area contributed by atoms with Gasteiger partial charge in [0, 0.05) is 26.8 Å². The molecule has 0 radical (unpaired) electrons. The number of halogens is 4. The van der Waals surface area contributed by atoms with Crippen LogP contribution in [0.25, 0.3) is 0 Å². The third-order valence-corrected chi connectivity index (χ3v) is 7.60. The fourth-order valence-corrected chi connectivity index (χ4v) is 5.46. The van der Waals surface area contributed by atoms with Gasteiger partial charge in [-0.15, -0.1) is 0 Å². The average molecular weight is 489 g/mol. The molecule has 1 unspecified atom stereocenters. The van der Waals surface area contributed by atoms with Crippen LogP contribution < -0.4 is 4.31 Å². The number of rotatable bonds is 8. The SMILES string of the molecule is CC(CCCS(=O)(=O)Cl)N(c1cc(Cl)ccc1F)S(=O)(=O)c1ccc(Cl)cc1. The van der Waals surface area contributed by atoms with Gasteiger partial charge in [-0.1, -0.05) is 23.2 Å². The minimum absolute atomic E-state index is 0.0897. The van der Waals surface area contributed by atoms with E-state index in [1.165, 1.54) is 36.4 Å². The van der Waals surface area contributed by atoms with Gasteiger partial charge in [0.1, 0.15) is 5.82 Å². The monoisotopic (exact) mass is 487 g/mol. The molecule has 2 rings (SSSR count). The van der Waals surface area contributed by atoms with Gasteiger partial charge in [0.15, 0.2) is 0 Å². The van der Waals surface area contributed by atoms with E-state index in [2.05, 4.69) is 0 Å². The van der Waals surface area contributed by atoms with Gasteiger partial charge in [-0.3, -0.25) is 4.31 Å². The number of sulfonamides is 1. The molecule has 5 nitrogen and oxygen atoms in total. The number of anilines is 1. The highest BCUT2D eigenvalue weighted by Crippen LogP contribution is 2.32. The molecule has 0 spiro atoms. The van der Waals surface area contributed by atoms with Crippen LogP contribution in [0, 0.1) is 5.82 Å². The van der Waals surface area contributed by atoms with E-state index in [1.54, 1.807) is 6.92 Å². The first-order valence-electron chi connectivity index (χ1n) is 8.09. The zero-order chi connectivity index (χ0) is 21.1. The Morgan fingerprint density at radius 3 is 2.14 bits per heavy atom. The van der Waals surface area contributed by atoms with Crippen LogP contribution in [-0.2, 0) is 19.1 Å². The summed E-state index contributed by atoms with van der Waals surface area (Å²) in [5.74, 6) is -1.11.